The Kier molecular flexibility index (Phi) is 4.13. The van der Waals surface area contributed by atoms with Crippen molar-refractivity contribution in [2.75, 3.05) is 36.5 Å². The molecule has 1 N–H and O–H groups in total. The summed E-state index contributed by atoms with van der Waals surface area (Å²) in [6.45, 7) is 1.06. The van der Waals surface area contributed by atoms with Crippen LogP contribution >= 0.6 is 0 Å². The SMILES string of the molecule is O=C(CN1CCS(=O)(=O)CC1)Nc1cccc2ccccc12. The second kappa shape index (κ2) is 6.06. The molecule has 0 atom stereocenters. The van der Waals surface area contributed by atoms with Crippen molar-refractivity contribution in [3.63, 3.8) is 0 Å². The van der Waals surface area contributed by atoms with Crippen molar-refractivity contribution in [1.82, 2.24) is 4.90 Å². The quantitative estimate of drug-likeness (QED) is 0.931. The topological polar surface area (TPSA) is 66.5 Å². The number of benzene rings is 2. The number of carbonyl (C=O) groups excluding carboxylic acids is 1. The highest BCUT2D eigenvalue weighted by molar-refractivity contribution is 7.91. The number of hydrogen-bond acceptors (Lipinski definition) is 4. The highest BCUT2D eigenvalue weighted by Gasteiger charge is 2.23. The number of carbonyl (C=O) groups is 1. The minimum absolute atomic E-state index is 0.115. The van der Waals surface area contributed by atoms with Gasteiger partial charge < -0.3 is 5.32 Å². The van der Waals surface area contributed by atoms with E-state index in [2.05, 4.69) is 5.32 Å². The average Bonchev–Trinajstić information content (AvgIpc) is 2.50. The van der Waals surface area contributed by atoms with E-state index in [-0.39, 0.29) is 24.0 Å². The minimum Gasteiger partial charge on any atom is -0.324 e. The monoisotopic (exact) mass is 318 g/mol. The van der Waals surface area contributed by atoms with Gasteiger partial charge in [0.2, 0.25) is 5.91 Å². The Balaban J connectivity index is 1.67. The molecule has 0 aromatic heterocycles. The highest BCUT2D eigenvalue weighted by Crippen LogP contribution is 2.22. The van der Waals surface area contributed by atoms with Gasteiger partial charge in [-0.25, -0.2) is 8.42 Å². The molecule has 0 spiro atoms. The summed E-state index contributed by atoms with van der Waals surface area (Å²) < 4.78 is 22.8. The van der Waals surface area contributed by atoms with E-state index in [1.54, 1.807) is 0 Å². The first-order chi connectivity index (χ1) is 10.5. The lowest BCUT2D eigenvalue weighted by Gasteiger charge is -2.25. The number of anilines is 1. The van der Waals surface area contributed by atoms with Gasteiger partial charge >= 0.3 is 0 Å². The molecule has 0 saturated carbocycles. The first kappa shape index (κ1) is 15.0. The Labute approximate surface area is 129 Å². The van der Waals surface area contributed by atoms with Crippen LogP contribution in [0.1, 0.15) is 0 Å². The summed E-state index contributed by atoms with van der Waals surface area (Å²) in [6.07, 6.45) is 0. The Hall–Kier alpha value is -1.92. The van der Waals surface area contributed by atoms with Crippen molar-refractivity contribution in [2.45, 2.75) is 0 Å². The lowest BCUT2D eigenvalue weighted by molar-refractivity contribution is -0.117. The van der Waals surface area contributed by atoms with Crippen LogP contribution in [-0.4, -0.2) is 50.4 Å². The maximum atomic E-state index is 12.2. The predicted molar refractivity (Wildman–Crippen MR) is 87.7 cm³/mol. The highest BCUT2D eigenvalue weighted by atomic mass is 32.2. The van der Waals surface area contributed by atoms with Crippen LogP contribution in [0.4, 0.5) is 5.69 Å². The molecule has 6 heteroatoms. The Morgan fingerprint density at radius 2 is 1.73 bits per heavy atom. The Morgan fingerprint density at radius 1 is 1.05 bits per heavy atom. The van der Waals surface area contributed by atoms with Crippen LogP contribution in [-0.2, 0) is 14.6 Å². The molecule has 116 valence electrons. The minimum atomic E-state index is -2.91. The summed E-state index contributed by atoms with van der Waals surface area (Å²) in [4.78, 5) is 14.1. The van der Waals surface area contributed by atoms with Crippen LogP contribution < -0.4 is 5.32 Å². The fraction of sp³-hybridized carbons (Fsp3) is 0.312. The van der Waals surface area contributed by atoms with E-state index >= 15 is 0 Å². The average molecular weight is 318 g/mol. The molecule has 3 rings (SSSR count). The molecule has 0 radical (unpaired) electrons. The van der Waals surface area contributed by atoms with Crippen LogP contribution in [0.25, 0.3) is 10.8 Å². The van der Waals surface area contributed by atoms with Crippen molar-refractivity contribution in [1.29, 1.82) is 0 Å². The Bertz CT molecular complexity index is 783. The van der Waals surface area contributed by atoms with E-state index in [1.165, 1.54) is 0 Å². The first-order valence-electron chi connectivity index (χ1n) is 7.24. The van der Waals surface area contributed by atoms with Gasteiger partial charge in [0.1, 0.15) is 0 Å². The van der Waals surface area contributed by atoms with E-state index in [9.17, 15) is 13.2 Å². The van der Waals surface area contributed by atoms with Crippen LogP contribution in [0.3, 0.4) is 0 Å². The molecule has 1 aliphatic heterocycles. The number of hydrogen-bond donors (Lipinski definition) is 1. The largest absolute Gasteiger partial charge is 0.324 e. The fourth-order valence-electron chi connectivity index (χ4n) is 2.64. The number of amides is 1. The molecule has 0 bridgehead atoms. The first-order valence-corrected chi connectivity index (χ1v) is 9.06. The molecule has 22 heavy (non-hydrogen) atoms. The summed E-state index contributed by atoms with van der Waals surface area (Å²) in [6, 6.07) is 13.7. The zero-order valence-corrected chi connectivity index (χ0v) is 13.0. The lowest BCUT2D eigenvalue weighted by atomic mass is 10.1. The summed E-state index contributed by atoms with van der Waals surface area (Å²) in [5.41, 5.74) is 0.785. The van der Waals surface area contributed by atoms with Crippen LogP contribution in [0.5, 0.6) is 0 Å². The van der Waals surface area contributed by atoms with E-state index in [4.69, 9.17) is 0 Å². The summed E-state index contributed by atoms with van der Waals surface area (Å²) in [5.74, 6) is 0.152. The second-order valence-corrected chi connectivity index (χ2v) is 7.81. The second-order valence-electron chi connectivity index (χ2n) is 5.50. The van der Waals surface area contributed by atoms with E-state index in [0.29, 0.717) is 13.1 Å². The van der Waals surface area contributed by atoms with Crippen molar-refractivity contribution in [3.8, 4) is 0 Å². The third-order valence-corrected chi connectivity index (χ3v) is 5.48. The Morgan fingerprint density at radius 3 is 2.50 bits per heavy atom. The normalized spacial score (nSPS) is 18.2. The third-order valence-electron chi connectivity index (χ3n) is 3.87. The van der Waals surface area contributed by atoms with Gasteiger partial charge in [0.15, 0.2) is 9.84 Å². The zero-order valence-electron chi connectivity index (χ0n) is 12.2. The molecule has 1 aliphatic rings. The van der Waals surface area contributed by atoms with Gasteiger partial charge in [0, 0.05) is 24.2 Å². The number of fused-ring (bicyclic) bond motifs is 1. The molecular formula is C16H18N2O3S. The summed E-state index contributed by atoms with van der Waals surface area (Å²) in [7, 11) is -2.91. The van der Waals surface area contributed by atoms with Gasteiger partial charge in [0.05, 0.1) is 18.1 Å². The molecular weight excluding hydrogens is 300 g/mol. The van der Waals surface area contributed by atoms with Crippen molar-refractivity contribution in [3.05, 3.63) is 42.5 Å². The molecule has 2 aromatic rings. The molecule has 5 nitrogen and oxygen atoms in total. The van der Waals surface area contributed by atoms with Crippen LogP contribution in [0.2, 0.25) is 0 Å². The molecule has 1 heterocycles. The van der Waals surface area contributed by atoms with Crippen LogP contribution in [0.15, 0.2) is 42.5 Å². The molecule has 1 amide bonds. The molecule has 1 fully saturated rings. The number of nitrogens with zero attached hydrogens (tertiary/aromatic N) is 1. The number of sulfone groups is 1. The maximum absolute atomic E-state index is 12.2. The molecule has 1 saturated heterocycles. The predicted octanol–water partition coefficient (Wildman–Crippen LogP) is 1.51. The van der Waals surface area contributed by atoms with Gasteiger partial charge in [0.25, 0.3) is 0 Å². The van der Waals surface area contributed by atoms with E-state index in [1.807, 2.05) is 47.4 Å². The number of nitrogens with one attached hydrogen (secondary N) is 1. The third kappa shape index (κ3) is 3.45. The van der Waals surface area contributed by atoms with Gasteiger partial charge in [-0.3, -0.25) is 9.69 Å². The van der Waals surface area contributed by atoms with Gasteiger partial charge in [-0.05, 0) is 11.5 Å². The number of rotatable bonds is 3. The summed E-state index contributed by atoms with van der Waals surface area (Å²) >= 11 is 0. The van der Waals surface area contributed by atoms with Gasteiger partial charge in [-0.2, -0.15) is 0 Å². The fourth-order valence-corrected chi connectivity index (χ4v) is 3.91. The van der Waals surface area contributed by atoms with Gasteiger partial charge in [-0.1, -0.05) is 36.4 Å². The zero-order chi connectivity index (χ0) is 15.6. The smallest absolute Gasteiger partial charge is 0.238 e. The van der Waals surface area contributed by atoms with Gasteiger partial charge in [-0.15, -0.1) is 0 Å². The standard InChI is InChI=1S/C16H18N2O3S/c19-16(12-18-8-10-22(20,21)11-9-18)17-15-7-3-5-13-4-1-2-6-14(13)15/h1-7H,8-12H2,(H,17,19). The molecule has 0 aliphatic carbocycles. The van der Waals surface area contributed by atoms with Crippen molar-refractivity contribution < 1.29 is 13.2 Å². The maximum Gasteiger partial charge on any atom is 0.238 e. The van der Waals surface area contributed by atoms with Crippen LogP contribution in [0, 0.1) is 0 Å². The molecule has 0 unspecified atom stereocenters. The van der Waals surface area contributed by atoms with E-state index < -0.39 is 9.84 Å². The molecule has 2 aromatic carbocycles. The van der Waals surface area contributed by atoms with Crippen molar-refractivity contribution >= 4 is 32.2 Å². The van der Waals surface area contributed by atoms with E-state index in [0.717, 1.165) is 16.5 Å². The van der Waals surface area contributed by atoms with Crippen molar-refractivity contribution in [2.24, 2.45) is 0 Å². The lowest BCUT2D eigenvalue weighted by Crippen LogP contribution is -2.43. The summed E-state index contributed by atoms with van der Waals surface area (Å²) in [5, 5.41) is 5.00.